The molecule has 0 amide bonds. The first-order valence-corrected chi connectivity index (χ1v) is 7.20. The highest BCUT2D eigenvalue weighted by Crippen LogP contribution is 2.21. The summed E-state index contributed by atoms with van der Waals surface area (Å²) in [6.07, 6.45) is 1.89. The first kappa shape index (κ1) is 14.5. The van der Waals surface area contributed by atoms with Crippen molar-refractivity contribution in [2.75, 3.05) is 23.6 Å². The third-order valence-electron chi connectivity index (χ3n) is 2.78. The van der Waals surface area contributed by atoms with E-state index in [1.807, 2.05) is 24.3 Å². The molecule has 0 aliphatic heterocycles. The van der Waals surface area contributed by atoms with Crippen molar-refractivity contribution in [3.8, 4) is 0 Å². The average molecular weight is 293 g/mol. The lowest BCUT2D eigenvalue weighted by Crippen LogP contribution is -2.20. The summed E-state index contributed by atoms with van der Waals surface area (Å²) in [7, 11) is 1.85. The van der Waals surface area contributed by atoms with Gasteiger partial charge in [-0.1, -0.05) is 30.0 Å². The lowest BCUT2D eigenvalue weighted by Gasteiger charge is -2.19. The lowest BCUT2D eigenvalue weighted by atomic mass is 10.2. The molecule has 2 rings (SSSR count). The molecule has 0 bridgehead atoms. The second-order valence-corrected chi connectivity index (χ2v) is 4.96. The number of rotatable bonds is 5. The molecule has 0 aliphatic rings. The summed E-state index contributed by atoms with van der Waals surface area (Å²) in [5.41, 5.74) is 3.12. The summed E-state index contributed by atoms with van der Waals surface area (Å²) in [6, 6.07) is 8.41. The number of hydrazine groups is 1. The second kappa shape index (κ2) is 6.53. The normalized spacial score (nSPS) is 10.4. The molecule has 7 heteroatoms. The smallest absolute Gasteiger partial charge is 0.191 e. The molecule has 0 aliphatic carbocycles. The molecule has 1 aromatic heterocycles. The van der Waals surface area contributed by atoms with Gasteiger partial charge in [0.1, 0.15) is 17.5 Å². The SMILES string of the molecule is CSc1nc(NN)cc(N(C)Cc2ccccc2F)n1. The topological polar surface area (TPSA) is 67.1 Å². The van der Waals surface area contributed by atoms with Crippen LogP contribution >= 0.6 is 11.8 Å². The fourth-order valence-electron chi connectivity index (χ4n) is 1.74. The number of nitrogens with one attached hydrogen (secondary N) is 1. The van der Waals surface area contributed by atoms with Crippen molar-refractivity contribution in [3.05, 3.63) is 41.7 Å². The fourth-order valence-corrected chi connectivity index (χ4v) is 2.11. The maximum absolute atomic E-state index is 13.7. The Balaban J connectivity index is 2.24. The zero-order valence-electron chi connectivity index (χ0n) is 11.3. The molecule has 0 radical (unpaired) electrons. The van der Waals surface area contributed by atoms with Crippen LogP contribution in [0.2, 0.25) is 0 Å². The van der Waals surface area contributed by atoms with E-state index in [1.165, 1.54) is 17.8 Å². The highest BCUT2D eigenvalue weighted by Gasteiger charge is 2.10. The zero-order valence-corrected chi connectivity index (χ0v) is 12.1. The van der Waals surface area contributed by atoms with Crippen LogP contribution in [0.25, 0.3) is 0 Å². The molecule has 2 aromatic rings. The van der Waals surface area contributed by atoms with E-state index >= 15 is 0 Å². The molecule has 0 unspecified atom stereocenters. The van der Waals surface area contributed by atoms with Crippen molar-refractivity contribution in [1.29, 1.82) is 0 Å². The Labute approximate surface area is 121 Å². The Hall–Kier alpha value is -1.86. The Bertz CT molecular complexity index is 570. The van der Waals surface area contributed by atoms with E-state index in [0.717, 1.165) is 0 Å². The number of hydrogen-bond donors (Lipinski definition) is 2. The number of benzene rings is 1. The van der Waals surface area contributed by atoms with Crippen molar-refractivity contribution in [2.24, 2.45) is 5.84 Å². The highest BCUT2D eigenvalue weighted by atomic mass is 32.2. The maximum atomic E-state index is 13.7. The first-order valence-electron chi connectivity index (χ1n) is 5.98. The van der Waals surface area contributed by atoms with Gasteiger partial charge in [-0.25, -0.2) is 20.2 Å². The summed E-state index contributed by atoms with van der Waals surface area (Å²) in [5.74, 6) is 6.37. The van der Waals surface area contributed by atoms with Gasteiger partial charge in [0.15, 0.2) is 5.16 Å². The molecule has 106 valence electrons. The summed E-state index contributed by atoms with van der Waals surface area (Å²) in [4.78, 5) is 10.4. The van der Waals surface area contributed by atoms with Crippen LogP contribution in [0.4, 0.5) is 16.0 Å². The van der Waals surface area contributed by atoms with Gasteiger partial charge in [-0.15, -0.1) is 0 Å². The van der Waals surface area contributed by atoms with Gasteiger partial charge < -0.3 is 10.3 Å². The van der Waals surface area contributed by atoms with E-state index in [0.29, 0.717) is 28.9 Å². The summed E-state index contributed by atoms with van der Waals surface area (Å²) in [5, 5.41) is 0.607. The minimum Gasteiger partial charge on any atom is -0.355 e. The quantitative estimate of drug-likeness (QED) is 0.381. The van der Waals surface area contributed by atoms with Crippen molar-refractivity contribution in [1.82, 2.24) is 9.97 Å². The van der Waals surface area contributed by atoms with Crippen LogP contribution in [0.15, 0.2) is 35.5 Å². The number of aromatic nitrogens is 2. The lowest BCUT2D eigenvalue weighted by molar-refractivity contribution is 0.607. The van der Waals surface area contributed by atoms with Crippen molar-refractivity contribution >= 4 is 23.4 Å². The number of nitrogens with two attached hydrogens (primary N) is 1. The van der Waals surface area contributed by atoms with Gasteiger partial charge in [-0.05, 0) is 12.3 Å². The van der Waals surface area contributed by atoms with Gasteiger partial charge in [0, 0.05) is 25.2 Å². The fraction of sp³-hybridized carbons (Fsp3) is 0.231. The van der Waals surface area contributed by atoms with Gasteiger partial charge in [0.2, 0.25) is 0 Å². The number of hydrogen-bond acceptors (Lipinski definition) is 6. The van der Waals surface area contributed by atoms with Gasteiger partial charge in [0.05, 0.1) is 0 Å². The highest BCUT2D eigenvalue weighted by molar-refractivity contribution is 7.98. The molecule has 1 aromatic carbocycles. The maximum Gasteiger partial charge on any atom is 0.191 e. The minimum atomic E-state index is -0.226. The number of thioether (sulfide) groups is 1. The number of nitrogen functional groups attached to an aromatic ring is 1. The van der Waals surface area contributed by atoms with Gasteiger partial charge in [-0.3, -0.25) is 0 Å². The molecular weight excluding hydrogens is 277 g/mol. The van der Waals surface area contributed by atoms with E-state index in [-0.39, 0.29) is 5.82 Å². The van der Waals surface area contributed by atoms with Crippen LogP contribution in [0.1, 0.15) is 5.56 Å². The molecule has 5 nitrogen and oxygen atoms in total. The van der Waals surface area contributed by atoms with E-state index in [2.05, 4.69) is 15.4 Å². The third kappa shape index (κ3) is 3.37. The van der Waals surface area contributed by atoms with E-state index in [9.17, 15) is 4.39 Å². The number of nitrogens with zero attached hydrogens (tertiary/aromatic N) is 3. The Morgan fingerprint density at radius 3 is 2.75 bits per heavy atom. The Morgan fingerprint density at radius 2 is 2.10 bits per heavy atom. The second-order valence-electron chi connectivity index (χ2n) is 4.19. The van der Waals surface area contributed by atoms with Crippen LogP contribution in [0.5, 0.6) is 0 Å². The van der Waals surface area contributed by atoms with Crippen LogP contribution in [0.3, 0.4) is 0 Å². The molecule has 0 saturated heterocycles. The first-order chi connectivity index (χ1) is 9.63. The van der Waals surface area contributed by atoms with E-state index in [4.69, 9.17) is 5.84 Å². The monoisotopic (exact) mass is 293 g/mol. The van der Waals surface area contributed by atoms with Crippen molar-refractivity contribution in [3.63, 3.8) is 0 Å². The molecule has 0 fully saturated rings. The minimum absolute atomic E-state index is 0.226. The largest absolute Gasteiger partial charge is 0.355 e. The summed E-state index contributed by atoms with van der Waals surface area (Å²) in [6.45, 7) is 0.418. The molecule has 1 heterocycles. The van der Waals surface area contributed by atoms with Crippen molar-refractivity contribution in [2.45, 2.75) is 11.7 Å². The summed E-state index contributed by atoms with van der Waals surface area (Å²) < 4.78 is 13.7. The molecular formula is C13H16FN5S. The number of halogens is 1. The standard InChI is InChI=1S/C13H16FN5S/c1-19(8-9-5-3-4-6-10(9)14)12-7-11(18-15)16-13(17-12)20-2/h3-7H,8,15H2,1-2H3,(H,16,17,18). The molecule has 0 saturated carbocycles. The van der Waals surface area contributed by atoms with Crippen LogP contribution in [0, 0.1) is 5.82 Å². The zero-order chi connectivity index (χ0) is 14.5. The van der Waals surface area contributed by atoms with Crippen LogP contribution in [-0.2, 0) is 6.54 Å². The van der Waals surface area contributed by atoms with Crippen LogP contribution in [-0.4, -0.2) is 23.3 Å². The van der Waals surface area contributed by atoms with Crippen LogP contribution < -0.4 is 16.2 Å². The van der Waals surface area contributed by atoms with E-state index < -0.39 is 0 Å². The average Bonchev–Trinajstić information content (AvgIpc) is 2.48. The Morgan fingerprint density at radius 1 is 1.35 bits per heavy atom. The van der Waals surface area contributed by atoms with Crippen molar-refractivity contribution < 1.29 is 4.39 Å². The predicted octanol–water partition coefficient (Wildman–Crippen LogP) is 2.26. The van der Waals surface area contributed by atoms with Gasteiger partial charge in [0.25, 0.3) is 0 Å². The third-order valence-corrected chi connectivity index (χ3v) is 3.33. The molecule has 3 N–H and O–H groups in total. The molecule has 20 heavy (non-hydrogen) atoms. The van der Waals surface area contributed by atoms with E-state index in [1.54, 1.807) is 18.2 Å². The molecule has 0 spiro atoms. The van der Waals surface area contributed by atoms with Gasteiger partial charge in [-0.2, -0.15) is 0 Å². The molecule has 0 atom stereocenters. The van der Waals surface area contributed by atoms with Gasteiger partial charge >= 0.3 is 0 Å². The Kier molecular flexibility index (Phi) is 4.75. The number of anilines is 2. The predicted molar refractivity (Wildman–Crippen MR) is 80.1 cm³/mol. The summed E-state index contributed by atoms with van der Waals surface area (Å²) >= 11 is 1.42.